The third-order valence-electron chi connectivity index (χ3n) is 7.17. The molecule has 31 heavy (non-hydrogen) atoms. The lowest BCUT2D eigenvalue weighted by atomic mass is 9.83. The summed E-state index contributed by atoms with van der Waals surface area (Å²) in [4.78, 5) is 26.7. The van der Waals surface area contributed by atoms with Gasteiger partial charge in [-0.1, -0.05) is 30.3 Å². The molecule has 1 aromatic rings. The zero-order chi connectivity index (χ0) is 22.5. The number of benzene rings is 1. The summed E-state index contributed by atoms with van der Waals surface area (Å²) < 4.78 is 12.0. The van der Waals surface area contributed by atoms with Gasteiger partial charge < -0.3 is 20.1 Å². The smallest absolute Gasteiger partial charge is 0.325 e. The lowest BCUT2D eigenvalue weighted by Gasteiger charge is -2.38. The van der Waals surface area contributed by atoms with Crippen LogP contribution in [0, 0.1) is 11.8 Å². The molecule has 2 heterocycles. The van der Waals surface area contributed by atoms with Gasteiger partial charge in [-0.15, -0.1) is 0 Å². The first kappa shape index (κ1) is 23.7. The molecule has 2 fully saturated rings. The van der Waals surface area contributed by atoms with Gasteiger partial charge in [-0.05, 0) is 33.3 Å². The Morgan fingerprint density at radius 3 is 1.55 bits per heavy atom. The SMILES string of the molecule is CC(C)(OC(=O)C(C(=O)OC(C)(C)C1CC[NH2+]CC1)c1ccccc1)C1CC[NH2+]CC1. The second-order valence-electron chi connectivity index (χ2n) is 10.2. The minimum absolute atomic E-state index is 0.295. The van der Waals surface area contributed by atoms with E-state index in [1.165, 1.54) is 0 Å². The van der Waals surface area contributed by atoms with Crippen LogP contribution >= 0.6 is 0 Å². The van der Waals surface area contributed by atoms with Crippen LogP contribution in [0.15, 0.2) is 30.3 Å². The number of carbonyl (C=O) groups excluding carboxylic acids is 2. The molecule has 4 N–H and O–H groups in total. The van der Waals surface area contributed by atoms with Crippen LogP contribution in [0.25, 0.3) is 0 Å². The molecule has 0 radical (unpaired) electrons. The zero-order valence-corrected chi connectivity index (χ0v) is 19.6. The summed E-state index contributed by atoms with van der Waals surface area (Å²) in [5.74, 6) is -1.50. The lowest BCUT2D eigenvalue weighted by molar-refractivity contribution is -0.666. The van der Waals surface area contributed by atoms with Crippen molar-refractivity contribution in [2.75, 3.05) is 26.2 Å². The number of hydrogen-bond donors (Lipinski definition) is 2. The fraction of sp³-hybridized carbons (Fsp3) is 0.680. The number of esters is 2. The largest absolute Gasteiger partial charge is 0.458 e. The zero-order valence-electron chi connectivity index (χ0n) is 19.6. The first-order valence-electron chi connectivity index (χ1n) is 11.8. The molecule has 0 bridgehead atoms. The number of hydrogen-bond acceptors (Lipinski definition) is 4. The van der Waals surface area contributed by atoms with Gasteiger partial charge in [-0.3, -0.25) is 9.59 Å². The minimum Gasteiger partial charge on any atom is -0.458 e. The van der Waals surface area contributed by atoms with Gasteiger partial charge in [-0.25, -0.2) is 0 Å². The number of quaternary nitrogens is 2. The first-order valence-corrected chi connectivity index (χ1v) is 11.8. The quantitative estimate of drug-likeness (QED) is 0.503. The van der Waals surface area contributed by atoms with E-state index in [4.69, 9.17) is 9.47 Å². The third kappa shape index (κ3) is 6.07. The van der Waals surface area contributed by atoms with Gasteiger partial charge in [0, 0.05) is 37.5 Å². The molecule has 0 amide bonds. The number of carbonyl (C=O) groups is 2. The molecule has 6 nitrogen and oxygen atoms in total. The van der Waals surface area contributed by atoms with Crippen LogP contribution in [0.1, 0.15) is 64.9 Å². The number of ether oxygens (including phenoxy) is 2. The second-order valence-corrected chi connectivity index (χ2v) is 10.2. The molecule has 0 unspecified atom stereocenters. The molecule has 2 aliphatic heterocycles. The van der Waals surface area contributed by atoms with Crippen molar-refractivity contribution in [3.8, 4) is 0 Å². The molecule has 0 spiro atoms. The Bertz CT molecular complexity index is 691. The summed E-state index contributed by atoms with van der Waals surface area (Å²) in [6.07, 6.45) is 4.03. The highest BCUT2D eigenvalue weighted by molar-refractivity contribution is 6.01. The Hall–Kier alpha value is -1.92. The van der Waals surface area contributed by atoms with E-state index in [1.807, 2.05) is 45.9 Å². The van der Waals surface area contributed by atoms with E-state index in [0.717, 1.165) is 51.9 Å². The molecule has 0 aromatic heterocycles. The molecular weight excluding hydrogens is 392 g/mol. The van der Waals surface area contributed by atoms with E-state index in [0.29, 0.717) is 17.4 Å². The van der Waals surface area contributed by atoms with Crippen LogP contribution in [0.4, 0.5) is 0 Å². The van der Waals surface area contributed by atoms with Gasteiger partial charge >= 0.3 is 11.9 Å². The minimum atomic E-state index is -1.06. The highest BCUT2D eigenvalue weighted by Gasteiger charge is 2.43. The van der Waals surface area contributed by atoms with Crippen LogP contribution in [-0.2, 0) is 19.1 Å². The highest BCUT2D eigenvalue weighted by Crippen LogP contribution is 2.33. The predicted molar refractivity (Wildman–Crippen MR) is 118 cm³/mol. The van der Waals surface area contributed by atoms with E-state index >= 15 is 0 Å². The van der Waals surface area contributed by atoms with Crippen molar-refractivity contribution in [3.05, 3.63) is 35.9 Å². The Labute approximate surface area is 186 Å². The van der Waals surface area contributed by atoms with Crippen LogP contribution < -0.4 is 10.6 Å². The van der Waals surface area contributed by atoms with Gasteiger partial charge in [0.15, 0.2) is 5.92 Å². The maximum Gasteiger partial charge on any atom is 0.325 e. The van der Waals surface area contributed by atoms with Crippen LogP contribution in [0.2, 0.25) is 0 Å². The monoisotopic (exact) mass is 432 g/mol. The fourth-order valence-corrected chi connectivity index (χ4v) is 5.06. The Morgan fingerprint density at radius 1 is 0.774 bits per heavy atom. The summed E-state index contributed by atoms with van der Waals surface area (Å²) in [5, 5.41) is 4.59. The van der Waals surface area contributed by atoms with Crippen molar-refractivity contribution in [1.29, 1.82) is 0 Å². The van der Waals surface area contributed by atoms with Crippen molar-refractivity contribution in [3.63, 3.8) is 0 Å². The number of nitrogens with two attached hydrogens (primary N) is 2. The molecule has 0 aliphatic carbocycles. The number of rotatable bonds is 7. The van der Waals surface area contributed by atoms with E-state index in [2.05, 4.69) is 10.6 Å². The van der Waals surface area contributed by atoms with Gasteiger partial charge in [-0.2, -0.15) is 0 Å². The molecule has 2 saturated heterocycles. The summed E-state index contributed by atoms with van der Waals surface area (Å²) in [5.41, 5.74) is -0.612. The molecule has 0 saturated carbocycles. The van der Waals surface area contributed by atoms with Crippen LogP contribution in [0.3, 0.4) is 0 Å². The Kier molecular flexibility index (Phi) is 7.76. The van der Waals surface area contributed by atoms with E-state index < -0.39 is 29.1 Å². The third-order valence-corrected chi connectivity index (χ3v) is 7.17. The normalized spacial score (nSPS) is 19.3. The van der Waals surface area contributed by atoms with Gasteiger partial charge in [0.2, 0.25) is 0 Å². The second kappa shape index (κ2) is 10.1. The summed E-state index contributed by atoms with van der Waals surface area (Å²) in [7, 11) is 0. The summed E-state index contributed by atoms with van der Waals surface area (Å²) >= 11 is 0. The molecular formula is C25H40N2O4+2. The fourth-order valence-electron chi connectivity index (χ4n) is 5.06. The van der Waals surface area contributed by atoms with Gasteiger partial charge in [0.25, 0.3) is 0 Å². The average Bonchev–Trinajstić information content (AvgIpc) is 2.75. The molecule has 172 valence electrons. The van der Waals surface area contributed by atoms with Crippen molar-refractivity contribution in [2.24, 2.45) is 11.8 Å². The van der Waals surface area contributed by atoms with Gasteiger partial charge in [0.05, 0.1) is 26.2 Å². The average molecular weight is 433 g/mol. The maximum atomic E-state index is 13.4. The maximum absolute atomic E-state index is 13.4. The van der Waals surface area contributed by atoms with Crippen molar-refractivity contribution in [1.82, 2.24) is 0 Å². The Morgan fingerprint density at radius 2 is 1.16 bits per heavy atom. The molecule has 3 rings (SSSR count). The van der Waals surface area contributed by atoms with Crippen molar-refractivity contribution < 1.29 is 29.7 Å². The summed E-state index contributed by atoms with van der Waals surface area (Å²) in [6.45, 7) is 12.1. The lowest BCUT2D eigenvalue weighted by Crippen LogP contribution is -2.86. The molecule has 0 atom stereocenters. The topological polar surface area (TPSA) is 85.8 Å². The van der Waals surface area contributed by atoms with Crippen LogP contribution in [-0.4, -0.2) is 49.3 Å². The predicted octanol–water partition coefficient (Wildman–Crippen LogP) is 1.36. The van der Waals surface area contributed by atoms with E-state index in [-0.39, 0.29) is 0 Å². The van der Waals surface area contributed by atoms with E-state index in [9.17, 15) is 9.59 Å². The highest BCUT2D eigenvalue weighted by atomic mass is 16.6. The van der Waals surface area contributed by atoms with E-state index in [1.54, 1.807) is 12.1 Å². The van der Waals surface area contributed by atoms with Crippen LogP contribution in [0.5, 0.6) is 0 Å². The molecule has 1 aromatic carbocycles. The first-order chi connectivity index (χ1) is 14.7. The molecule has 6 heteroatoms. The number of piperidine rings is 2. The standard InChI is InChI=1S/C25H38N2O4/c1-24(2,19-10-14-26-15-11-19)30-22(28)21(18-8-6-5-7-9-18)23(29)31-25(3,4)20-12-16-27-17-13-20/h5-9,19-21,26-27H,10-17H2,1-4H3/p+2. The van der Waals surface area contributed by atoms with Gasteiger partial charge in [0.1, 0.15) is 11.2 Å². The van der Waals surface area contributed by atoms with Crippen molar-refractivity contribution in [2.45, 2.75) is 70.5 Å². The Balaban J connectivity index is 1.77. The van der Waals surface area contributed by atoms with Crippen molar-refractivity contribution >= 4 is 11.9 Å². The molecule has 2 aliphatic rings. The summed E-state index contributed by atoms with van der Waals surface area (Å²) in [6, 6.07) is 9.17.